The number of halogens is 3. The lowest BCUT2D eigenvalue weighted by Crippen LogP contribution is -2.48. The molecule has 3 nitrogen and oxygen atoms in total. The molecule has 0 aliphatic rings. The highest BCUT2D eigenvalue weighted by Gasteiger charge is 2.41. The molecule has 1 aromatic carbocycles. The van der Waals surface area contributed by atoms with Crippen molar-refractivity contribution in [1.29, 1.82) is 0 Å². The van der Waals surface area contributed by atoms with Crippen molar-refractivity contribution < 1.29 is 17.9 Å². The molecule has 0 aliphatic carbocycles. The number of ether oxygens (including phenoxy) is 1. The highest BCUT2D eigenvalue weighted by atomic mass is 19.4. The van der Waals surface area contributed by atoms with Gasteiger partial charge in [-0.25, -0.2) is 0 Å². The lowest BCUT2D eigenvalue weighted by Gasteiger charge is -2.28. The molecule has 1 unspecified atom stereocenters. The number of hydrogen-bond acceptors (Lipinski definition) is 3. The number of benzene rings is 1. The Hall–Kier alpha value is -1.27. The van der Waals surface area contributed by atoms with Gasteiger partial charge in [0.2, 0.25) is 0 Å². The first-order valence-corrected chi connectivity index (χ1v) is 5.48. The summed E-state index contributed by atoms with van der Waals surface area (Å²) < 4.78 is 42.9. The Labute approximate surface area is 104 Å². The molecule has 1 rings (SSSR count). The van der Waals surface area contributed by atoms with E-state index in [9.17, 15) is 13.2 Å². The lowest BCUT2D eigenvalue weighted by atomic mass is 10.1. The highest BCUT2D eigenvalue weighted by Crippen LogP contribution is 2.24. The number of alkyl halides is 3. The largest absolute Gasteiger partial charge is 0.497 e. The minimum Gasteiger partial charge on any atom is -0.497 e. The van der Waals surface area contributed by atoms with Gasteiger partial charge in [0.25, 0.3) is 0 Å². The number of nitrogens with zero attached hydrogens (tertiary/aromatic N) is 1. The van der Waals surface area contributed by atoms with Crippen molar-refractivity contribution in [3.63, 3.8) is 0 Å². The van der Waals surface area contributed by atoms with E-state index < -0.39 is 18.8 Å². The van der Waals surface area contributed by atoms with Crippen LogP contribution in [0.3, 0.4) is 0 Å². The molecule has 0 spiro atoms. The summed E-state index contributed by atoms with van der Waals surface area (Å²) in [7, 11) is 2.95. The zero-order valence-electron chi connectivity index (χ0n) is 10.4. The second kappa shape index (κ2) is 6.06. The van der Waals surface area contributed by atoms with Crippen LogP contribution in [0.15, 0.2) is 24.3 Å². The fourth-order valence-corrected chi connectivity index (χ4v) is 1.69. The molecule has 0 radical (unpaired) electrons. The monoisotopic (exact) mass is 262 g/mol. The standard InChI is InChI=1S/C12H17F3N2O/c1-17(11(7-16)12(13,14)15)8-9-3-5-10(18-2)6-4-9/h3-6,11H,7-8,16H2,1-2H3. The smallest absolute Gasteiger partial charge is 0.405 e. The van der Waals surface area contributed by atoms with Gasteiger partial charge in [0.15, 0.2) is 0 Å². The first-order valence-electron chi connectivity index (χ1n) is 5.48. The summed E-state index contributed by atoms with van der Waals surface area (Å²) in [6.07, 6.45) is -4.31. The molecule has 6 heteroatoms. The van der Waals surface area contributed by atoms with E-state index in [1.54, 1.807) is 24.3 Å². The minimum absolute atomic E-state index is 0.186. The van der Waals surface area contributed by atoms with E-state index in [1.807, 2.05) is 0 Å². The normalized spacial score (nSPS) is 13.7. The van der Waals surface area contributed by atoms with E-state index in [-0.39, 0.29) is 6.54 Å². The second-order valence-electron chi connectivity index (χ2n) is 4.06. The van der Waals surface area contributed by atoms with Crippen molar-refractivity contribution in [2.75, 3.05) is 20.7 Å². The summed E-state index contributed by atoms with van der Waals surface area (Å²) in [5, 5.41) is 0. The van der Waals surface area contributed by atoms with Gasteiger partial charge in [0.1, 0.15) is 11.8 Å². The fraction of sp³-hybridized carbons (Fsp3) is 0.500. The fourth-order valence-electron chi connectivity index (χ4n) is 1.69. The Kier molecular flexibility index (Phi) is 4.98. The molecule has 0 amide bonds. The van der Waals surface area contributed by atoms with Gasteiger partial charge in [-0.1, -0.05) is 12.1 Å². The maximum absolute atomic E-state index is 12.7. The van der Waals surface area contributed by atoms with Crippen molar-refractivity contribution in [2.45, 2.75) is 18.8 Å². The van der Waals surface area contributed by atoms with Crippen LogP contribution in [0.1, 0.15) is 5.56 Å². The van der Waals surface area contributed by atoms with Crippen molar-refractivity contribution >= 4 is 0 Å². The van der Waals surface area contributed by atoms with Gasteiger partial charge in [0, 0.05) is 13.1 Å². The second-order valence-corrected chi connectivity index (χ2v) is 4.06. The van der Waals surface area contributed by atoms with Crippen LogP contribution in [-0.2, 0) is 6.54 Å². The summed E-state index contributed by atoms with van der Waals surface area (Å²) in [5.74, 6) is 0.674. The van der Waals surface area contributed by atoms with E-state index in [2.05, 4.69) is 0 Å². The van der Waals surface area contributed by atoms with Crippen LogP contribution in [0.5, 0.6) is 5.75 Å². The molecule has 0 bridgehead atoms. The zero-order chi connectivity index (χ0) is 13.8. The van der Waals surface area contributed by atoms with Gasteiger partial charge >= 0.3 is 6.18 Å². The van der Waals surface area contributed by atoms with Gasteiger partial charge in [0.05, 0.1) is 7.11 Å². The van der Waals surface area contributed by atoms with Crippen LogP contribution < -0.4 is 10.5 Å². The van der Waals surface area contributed by atoms with Crippen LogP contribution in [-0.4, -0.2) is 37.8 Å². The summed E-state index contributed by atoms with van der Waals surface area (Å²) in [4.78, 5) is 1.20. The van der Waals surface area contributed by atoms with E-state index in [4.69, 9.17) is 10.5 Å². The molecule has 0 saturated carbocycles. The Balaban J connectivity index is 2.70. The number of nitrogens with two attached hydrogens (primary N) is 1. The number of methoxy groups -OCH3 is 1. The van der Waals surface area contributed by atoms with Crippen molar-refractivity contribution in [3.05, 3.63) is 29.8 Å². The van der Waals surface area contributed by atoms with Crippen molar-refractivity contribution in [2.24, 2.45) is 5.73 Å². The zero-order valence-corrected chi connectivity index (χ0v) is 10.4. The summed E-state index contributed by atoms with van der Waals surface area (Å²) in [5.41, 5.74) is 5.96. The van der Waals surface area contributed by atoms with Gasteiger partial charge in [-0.2, -0.15) is 13.2 Å². The van der Waals surface area contributed by atoms with Crippen LogP contribution >= 0.6 is 0 Å². The molecular formula is C12H17F3N2O. The molecule has 2 N–H and O–H groups in total. The summed E-state index contributed by atoms with van der Waals surface area (Å²) in [6, 6.07) is 5.28. The predicted molar refractivity (Wildman–Crippen MR) is 63.4 cm³/mol. The lowest BCUT2D eigenvalue weighted by molar-refractivity contribution is -0.178. The highest BCUT2D eigenvalue weighted by molar-refractivity contribution is 5.27. The van der Waals surface area contributed by atoms with Gasteiger partial charge < -0.3 is 10.5 Å². The third-order valence-corrected chi connectivity index (χ3v) is 2.72. The maximum atomic E-state index is 12.7. The van der Waals surface area contributed by atoms with E-state index >= 15 is 0 Å². The molecular weight excluding hydrogens is 245 g/mol. The quantitative estimate of drug-likeness (QED) is 0.882. The third-order valence-electron chi connectivity index (χ3n) is 2.72. The number of rotatable bonds is 5. The minimum atomic E-state index is -4.31. The van der Waals surface area contributed by atoms with E-state index in [1.165, 1.54) is 19.1 Å². The van der Waals surface area contributed by atoms with Crippen molar-refractivity contribution in [3.8, 4) is 5.75 Å². The molecule has 0 heterocycles. The molecule has 0 saturated heterocycles. The Morgan fingerprint density at radius 3 is 2.22 bits per heavy atom. The SMILES string of the molecule is COc1ccc(CN(C)C(CN)C(F)(F)F)cc1. The summed E-state index contributed by atoms with van der Waals surface area (Å²) in [6.45, 7) is -0.262. The Bertz CT molecular complexity index is 365. The molecule has 0 fully saturated rings. The Morgan fingerprint density at radius 2 is 1.83 bits per heavy atom. The first kappa shape index (κ1) is 14.8. The molecule has 0 aliphatic heterocycles. The summed E-state index contributed by atoms with van der Waals surface area (Å²) >= 11 is 0. The maximum Gasteiger partial charge on any atom is 0.405 e. The molecule has 1 atom stereocenters. The predicted octanol–water partition coefficient (Wildman–Crippen LogP) is 2.02. The molecule has 0 aromatic heterocycles. The van der Waals surface area contributed by atoms with Crippen LogP contribution in [0.4, 0.5) is 13.2 Å². The number of likely N-dealkylation sites (N-methyl/N-ethyl adjacent to an activating group) is 1. The van der Waals surface area contributed by atoms with Crippen LogP contribution in [0.2, 0.25) is 0 Å². The average molecular weight is 262 g/mol. The Morgan fingerprint density at radius 1 is 1.28 bits per heavy atom. The molecule has 18 heavy (non-hydrogen) atoms. The van der Waals surface area contributed by atoms with Crippen LogP contribution in [0.25, 0.3) is 0 Å². The van der Waals surface area contributed by atoms with E-state index in [0.29, 0.717) is 5.75 Å². The van der Waals surface area contributed by atoms with Gasteiger partial charge in [-0.05, 0) is 24.7 Å². The van der Waals surface area contributed by atoms with E-state index in [0.717, 1.165) is 5.56 Å². The first-order chi connectivity index (χ1) is 8.38. The third kappa shape index (κ3) is 3.89. The molecule has 1 aromatic rings. The van der Waals surface area contributed by atoms with Crippen LogP contribution in [0, 0.1) is 0 Å². The van der Waals surface area contributed by atoms with Gasteiger partial charge in [-0.15, -0.1) is 0 Å². The number of hydrogen-bond donors (Lipinski definition) is 1. The molecule has 102 valence electrons. The van der Waals surface area contributed by atoms with Crippen molar-refractivity contribution in [1.82, 2.24) is 4.90 Å². The topological polar surface area (TPSA) is 38.5 Å². The van der Waals surface area contributed by atoms with Gasteiger partial charge in [-0.3, -0.25) is 4.90 Å². The average Bonchev–Trinajstić information content (AvgIpc) is 2.29.